The number of likely N-dealkylation sites (tertiary alicyclic amines) is 1. The molecule has 0 saturated carbocycles. The summed E-state index contributed by atoms with van der Waals surface area (Å²) in [6.45, 7) is 8.18. The largest absolute Gasteiger partial charge is 0.336 e. The van der Waals surface area contributed by atoms with Crippen LogP contribution in [0, 0.1) is 5.41 Å². The van der Waals surface area contributed by atoms with Gasteiger partial charge in [0.25, 0.3) is 0 Å². The molecular formula is C13H25N3O. The van der Waals surface area contributed by atoms with Crippen LogP contribution in [0.4, 0.5) is 4.79 Å². The van der Waals surface area contributed by atoms with Crippen molar-refractivity contribution in [2.24, 2.45) is 5.41 Å². The number of amides is 2. The van der Waals surface area contributed by atoms with Crippen molar-refractivity contribution in [1.82, 2.24) is 15.5 Å². The van der Waals surface area contributed by atoms with Crippen molar-refractivity contribution in [1.29, 1.82) is 0 Å². The van der Waals surface area contributed by atoms with E-state index < -0.39 is 0 Å². The molecule has 4 nitrogen and oxygen atoms in total. The molecule has 2 N–H and O–H groups in total. The van der Waals surface area contributed by atoms with Crippen LogP contribution in [0.15, 0.2) is 0 Å². The number of nitrogens with zero attached hydrogens (tertiary/aromatic N) is 1. The van der Waals surface area contributed by atoms with Gasteiger partial charge in [0.15, 0.2) is 0 Å². The third-order valence-corrected chi connectivity index (χ3v) is 4.19. The van der Waals surface area contributed by atoms with Crippen LogP contribution in [-0.4, -0.2) is 43.2 Å². The molecule has 2 rings (SSSR count). The SMILES string of the molecule is CC(C)NC(=O)N1CCC2(CCNCC2)CC1. The first-order valence-corrected chi connectivity index (χ1v) is 6.87. The highest BCUT2D eigenvalue weighted by Crippen LogP contribution is 2.39. The Balaban J connectivity index is 1.82. The van der Waals surface area contributed by atoms with E-state index in [1.807, 2.05) is 18.7 Å². The molecule has 2 heterocycles. The second kappa shape index (κ2) is 5.25. The second-order valence-corrected chi connectivity index (χ2v) is 5.84. The molecule has 2 aliphatic heterocycles. The Hall–Kier alpha value is -0.770. The Morgan fingerprint density at radius 2 is 1.76 bits per heavy atom. The fraction of sp³-hybridized carbons (Fsp3) is 0.923. The summed E-state index contributed by atoms with van der Waals surface area (Å²) >= 11 is 0. The standard InChI is InChI=1S/C13H25N3O/c1-11(2)15-12(17)16-9-5-13(6-10-16)3-7-14-8-4-13/h11,14H,3-10H2,1-2H3,(H,15,17). The summed E-state index contributed by atoms with van der Waals surface area (Å²) in [5.41, 5.74) is 0.528. The van der Waals surface area contributed by atoms with Gasteiger partial charge in [-0.05, 0) is 58.0 Å². The average Bonchev–Trinajstić information content (AvgIpc) is 2.30. The Bertz CT molecular complexity index is 262. The molecule has 0 aromatic heterocycles. The summed E-state index contributed by atoms with van der Waals surface area (Å²) in [7, 11) is 0. The van der Waals surface area contributed by atoms with Gasteiger partial charge < -0.3 is 15.5 Å². The zero-order valence-corrected chi connectivity index (χ0v) is 11.1. The van der Waals surface area contributed by atoms with Crippen LogP contribution >= 0.6 is 0 Å². The second-order valence-electron chi connectivity index (χ2n) is 5.84. The van der Waals surface area contributed by atoms with E-state index in [2.05, 4.69) is 10.6 Å². The molecule has 2 saturated heterocycles. The molecule has 2 aliphatic rings. The fourth-order valence-electron chi connectivity index (χ4n) is 2.98. The number of urea groups is 1. The van der Waals surface area contributed by atoms with E-state index in [1.54, 1.807) is 0 Å². The van der Waals surface area contributed by atoms with E-state index in [0.29, 0.717) is 5.41 Å². The van der Waals surface area contributed by atoms with Gasteiger partial charge in [0.2, 0.25) is 0 Å². The van der Waals surface area contributed by atoms with Gasteiger partial charge in [-0.3, -0.25) is 0 Å². The molecule has 2 amide bonds. The van der Waals surface area contributed by atoms with Crippen molar-refractivity contribution < 1.29 is 4.79 Å². The van der Waals surface area contributed by atoms with Gasteiger partial charge in [0.05, 0.1) is 0 Å². The normalized spacial score (nSPS) is 24.1. The Morgan fingerprint density at radius 1 is 1.18 bits per heavy atom. The molecule has 17 heavy (non-hydrogen) atoms. The minimum Gasteiger partial charge on any atom is -0.336 e. The lowest BCUT2D eigenvalue weighted by Crippen LogP contribution is -2.50. The Labute approximate surface area is 104 Å². The van der Waals surface area contributed by atoms with Gasteiger partial charge in [0.1, 0.15) is 0 Å². The quantitative estimate of drug-likeness (QED) is 0.729. The van der Waals surface area contributed by atoms with Crippen LogP contribution in [0.2, 0.25) is 0 Å². The third kappa shape index (κ3) is 3.12. The van der Waals surface area contributed by atoms with Crippen LogP contribution in [-0.2, 0) is 0 Å². The van der Waals surface area contributed by atoms with Gasteiger partial charge in [-0.25, -0.2) is 4.79 Å². The van der Waals surface area contributed by atoms with Crippen LogP contribution in [0.5, 0.6) is 0 Å². The van der Waals surface area contributed by atoms with E-state index in [-0.39, 0.29) is 12.1 Å². The molecule has 0 atom stereocenters. The van der Waals surface area contributed by atoms with Crippen molar-refractivity contribution in [3.63, 3.8) is 0 Å². The number of hydrogen-bond acceptors (Lipinski definition) is 2. The van der Waals surface area contributed by atoms with E-state index in [0.717, 1.165) is 26.2 Å². The molecule has 0 aromatic rings. The molecule has 4 heteroatoms. The molecular weight excluding hydrogens is 214 g/mol. The number of piperidine rings is 2. The number of nitrogens with one attached hydrogen (secondary N) is 2. The molecule has 2 fully saturated rings. The van der Waals surface area contributed by atoms with Crippen molar-refractivity contribution in [3.05, 3.63) is 0 Å². The lowest BCUT2D eigenvalue weighted by atomic mass is 9.72. The lowest BCUT2D eigenvalue weighted by molar-refractivity contribution is 0.0869. The predicted octanol–water partition coefficient (Wildman–Crippen LogP) is 1.57. The molecule has 1 spiro atoms. The third-order valence-electron chi connectivity index (χ3n) is 4.19. The first kappa shape index (κ1) is 12.7. The van der Waals surface area contributed by atoms with Crippen molar-refractivity contribution in [2.45, 2.75) is 45.6 Å². The number of hydrogen-bond donors (Lipinski definition) is 2. The van der Waals surface area contributed by atoms with Crippen molar-refractivity contribution in [3.8, 4) is 0 Å². The van der Waals surface area contributed by atoms with Crippen LogP contribution in [0.25, 0.3) is 0 Å². The number of rotatable bonds is 1. The summed E-state index contributed by atoms with van der Waals surface area (Å²) in [6.07, 6.45) is 4.93. The molecule has 0 radical (unpaired) electrons. The highest BCUT2D eigenvalue weighted by atomic mass is 16.2. The molecule has 0 aromatic carbocycles. The van der Waals surface area contributed by atoms with E-state index in [4.69, 9.17) is 0 Å². The molecule has 0 aliphatic carbocycles. The first-order chi connectivity index (χ1) is 8.11. The van der Waals surface area contributed by atoms with Gasteiger partial charge >= 0.3 is 6.03 Å². The minimum absolute atomic E-state index is 0.115. The zero-order valence-electron chi connectivity index (χ0n) is 11.1. The summed E-state index contributed by atoms with van der Waals surface area (Å²) in [4.78, 5) is 13.9. The highest BCUT2D eigenvalue weighted by molar-refractivity contribution is 5.74. The summed E-state index contributed by atoms with van der Waals surface area (Å²) < 4.78 is 0. The van der Waals surface area contributed by atoms with E-state index in [9.17, 15) is 4.79 Å². The van der Waals surface area contributed by atoms with Gasteiger partial charge in [0, 0.05) is 19.1 Å². The minimum atomic E-state index is 0.115. The van der Waals surface area contributed by atoms with E-state index in [1.165, 1.54) is 25.7 Å². The molecule has 0 bridgehead atoms. The smallest absolute Gasteiger partial charge is 0.317 e. The molecule has 98 valence electrons. The van der Waals surface area contributed by atoms with Crippen molar-refractivity contribution >= 4 is 6.03 Å². The predicted molar refractivity (Wildman–Crippen MR) is 69.0 cm³/mol. The van der Waals surface area contributed by atoms with Crippen LogP contribution in [0.3, 0.4) is 0 Å². The van der Waals surface area contributed by atoms with Gasteiger partial charge in [-0.2, -0.15) is 0 Å². The summed E-state index contributed by atoms with van der Waals surface area (Å²) in [5.74, 6) is 0. The highest BCUT2D eigenvalue weighted by Gasteiger charge is 2.36. The first-order valence-electron chi connectivity index (χ1n) is 6.87. The van der Waals surface area contributed by atoms with Crippen LogP contribution < -0.4 is 10.6 Å². The maximum absolute atomic E-state index is 11.9. The van der Waals surface area contributed by atoms with Gasteiger partial charge in [-0.15, -0.1) is 0 Å². The van der Waals surface area contributed by atoms with Crippen LogP contribution in [0.1, 0.15) is 39.5 Å². The van der Waals surface area contributed by atoms with Crippen molar-refractivity contribution in [2.75, 3.05) is 26.2 Å². The maximum Gasteiger partial charge on any atom is 0.317 e. The monoisotopic (exact) mass is 239 g/mol. The molecule has 0 unspecified atom stereocenters. The lowest BCUT2D eigenvalue weighted by Gasteiger charge is -2.44. The maximum atomic E-state index is 11.9. The number of carbonyl (C=O) groups is 1. The van der Waals surface area contributed by atoms with E-state index >= 15 is 0 Å². The topological polar surface area (TPSA) is 44.4 Å². The Morgan fingerprint density at radius 3 is 2.29 bits per heavy atom. The average molecular weight is 239 g/mol. The summed E-state index contributed by atoms with van der Waals surface area (Å²) in [6, 6.07) is 0.348. The van der Waals surface area contributed by atoms with Gasteiger partial charge in [-0.1, -0.05) is 0 Å². The fourth-order valence-corrected chi connectivity index (χ4v) is 2.98. The zero-order chi connectivity index (χ0) is 12.3. The Kier molecular flexibility index (Phi) is 3.92. The number of carbonyl (C=O) groups excluding carboxylic acids is 1. The summed E-state index contributed by atoms with van der Waals surface area (Å²) in [5, 5.41) is 6.40.